The highest BCUT2D eigenvalue weighted by Crippen LogP contribution is 2.33. The van der Waals surface area contributed by atoms with Gasteiger partial charge in [0.1, 0.15) is 0 Å². The molecule has 0 aromatic heterocycles. The van der Waals surface area contributed by atoms with Crippen molar-refractivity contribution in [1.82, 2.24) is 5.32 Å². The number of hydrogen-bond acceptors (Lipinski definition) is 1. The van der Waals surface area contributed by atoms with E-state index in [4.69, 9.17) is 0 Å². The SMILES string of the molecule is CCCC1(C)CNC1C. The molecule has 1 rings (SSSR count). The highest BCUT2D eigenvalue weighted by Gasteiger charge is 2.37. The summed E-state index contributed by atoms with van der Waals surface area (Å²) in [5.41, 5.74) is 0.620. The number of nitrogens with one attached hydrogen (secondary N) is 1. The van der Waals surface area contributed by atoms with Crippen LogP contribution in [0.15, 0.2) is 0 Å². The predicted molar refractivity (Wildman–Crippen MR) is 40.5 cm³/mol. The van der Waals surface area contributed by atoms with Gasteiger partial charge < -0.3 is 5.32 Å². The minimum absolute atomic E-state index is 0.620. The molecule has 1 heterocycles. The van der Waals surface area contributed by atoms with Gasteiger partial charge in [-0.3, -0.25) is 0 Å². The Morgan fingerprint density at radius 1 is 1.67 bits per heavy atom. The van der Waals surface area contributed by atoms with Crippen LogP contribution in [-0.2, 0) is 0 Å². The maximum absolute atomic E-state index is 3.38. The Labute approximate surface area is 57.8 Å². The van der Waals surface area contributed by atoms with Crippen molar-refractivity contribution in [1.29, 1.82) is 0 Å². The molecule has 0 radical (unpaired) electrons. The molecule has 1 fully saturated rings. The third-order valence-electron chi connectivity index (χ3n) is 2.68. The van der Waals surface area contributed by atoms with Gasteiger partial charge in [-0.15, -0.1) is 0 Å². The topological polar surface area (TPSA) is 12.0 Å². The summed E-state index contributed by atoms with van der Waals surface area (Å²) in [6, 6.07) is 0.748. The fourth-order valence-electron chi connectivity index (χ4n) is 1.53. The Morgan fingerprint density at radius 2 is 2.33 bits per heavy atom. The quantitative estimate of drug-likeness (QED) is 0.596. The average molecular weight is 127 g/mol. The summed E-state index contributed by atoms with van der Waals surface area (Å²) in [5.74, 6) is 0. The smallest absolute Gasteiger partial charge is 0.0105 e. The van der Waals surface area contributed by atoms with Gasteiger partial charge in [0.2, 0.25) is 0 Å². The largest absolute Gasteiger partial charge is 0.313 e. The zero-order valence-corrected chi connectivity index (χ0v) is 6.70. The highest BCUT2D eigenvalue weighted by atomic mass is 15.0. The van der Waals surface area contributed by atoms with Gasteiger partial charge in [-0.2, -0.15) is 0 Å². The van der Waals surface area contributed by atoms with Crippen molar-refractivity contribution in [3.63, 3.8) is 0 Å². The molecule has 54 valence electrons. The maximum Gasteiger partial charge on any atom is 0.0105 e. The lowest BCUT2D eigenvalue weighted by atomic mass is 9.73. The molecule has 2 atom stereocenters. The van der Waals surface area contributed by atoms with E-state index in [1.165, 1.54) is 19.4 Å². The van der Waals surface area contributed by atoms with Gasteiger partial charge in [0.15, 0.2) is 0 Å². The second-order valence-corrected chi connectivity index (χ2v) is 3.51. The van der Waals surface area contributed by atoms with Crippen LogP contribution in [0.25, 0.3) is 0 Å². The third kappa shape index (κ3) is 1.11. The molecular weight excluding hydrogens is 110 g/mol. The Hall–Kier alpha value is -0.0400. The molecule has 0 saturated carbocycles. The fraction of sp³-hybridized carbons (Fsp3) is 1.00. The van der Waals surface area contributed by atoms with E-state index < -0.39 is 0 Å². The molecule has 1 nitrogen and oxygen atoms in total. The molecule has 1 aliphatic heterocycles. The Bertz CT molecular complexity index is 101. The number of rotatable bonds is 2. The molecule has 0 aromatic carbocycles. The molecule has 2 unspecified atom stereocenters. The minimum atomic E-state index is 0.620. The molecule has 1 heteroatoms. The van der Waals surface area contributed by atoms with E-state index >= 15 is 0 Å². The van der Waals surface area contributed by atoms with E-state index in [1.807, 2.05) is 0 Å². The molecule has 0 spiro atoms. The summed E-state index contributed by atoms with van der Waals surface area (Å²) in [6.45, 7) is 8.13. The van der Waals surface area contributed by atoms with Gasteiger partial charge in [0, 0.05) is 12.6 Å². The van der Waals surface area contributed by atoms with E-state index in [2.05, 4.69) is 26.1 Å². The van der Waals surface area contributed by atoms with Gasteiger partial charge in [-0.05, 0) is 18.8 Å². The molecule has 9 heavy (non-hydrogen) atoms. The van der Waals surface area contributed by atoms with Crippen molar-refractivity contribution >= 4 is 0 Å². The first-order valence-electron chi connectivity index (χ1n) is 3.92. The van der Waals surface area contributed by atoms with Gasteiger partial charge in [0.25, 0.3) is 0 Å². The van der Waals surface area contributed by atoms with E-state index in [0.717, 1.165) is 6.04 Å². The molecule has 0 amide bonds. The lowest BCUT2D eigenvalue weighted by molar-refractivity contribution is 0.105. The van der Waals surface area contributed by atoms with Crippen molar-refractivity contribution < 1.29 is 0 Å². The van der Waals surface area contributed by atoms with E-state index in [-0.39, 0.29) is 0 Å². The van der Waals surface area contributed by atoms with Crippen LogP contribution in [0.4, 0.5) is 0 Å². The number of hydrogen-bond donors (Lipinski definition) is 1. The summed E-state index contributed by atoms with van der Waals surface area (Å²) < 4.78 is 0. The Kier molecular flexibility index (Phi) is 1.80. The normalized spacial score (nSPS) is 42.3. The lowest BCUT2D eigenvalue weighted by Gasteiger charge is -2.46. The van der Waals surface area contributed by atoms with Gasteiger partial charge in [0.05, 0.1) is 0 Å². The molecule has 1 N–H and O–H groups in total. The van der Waals surface area contributed by atoms with Crippen molar-refractivity contribution in [2.75, 3.05) is 6.54 Å². The summed E-state index contributed by atoms with van der Waals surface area (Å²) in [7, 11) is 0. The summed E-state index contributed by atoms with van der Waals surface area (Å²) in [4.78, 5) is 0. The van der Waals surface area contributed by atoms with Crippen molar-refractivity contribution in [3.8, 4) is 0 Å². The van der Waals surface area contributed by atoms with Gasteiger partial charge >= 0.3 is 0 Å². The van der Waals surface area contributed by atoms with Crippen molar-refractivity contribution in [2.45, 2.75) is 39.7 Å². The van der Waals surface area contributed by atoms with Crippen LogP contribution in [0.2, 0.25) is 0 Å². The molecule has 1 aliphatic rings. The standard InChI is InChI=1S/C8H17N/c1-4-5-8(3)6-9-7(8)2/h7,9H,4-6H2,1-3H3. The minimum Gasteiger partial charge on any atom is -0.313 e. The van der Waals surface area contributed by atoms with Crippen LogP contribution in [0.3, 0.4) is 0 Å². The molecule has 1 saturated heterocycles. The first-order valence-corrected chi connectivity index (χ1v) is 3.92. The first kappa shape index (κ1) is 7.07. The van der Waals surface area contributed by atoms with Crippen molar-refractivity contribution in [3.05, 3.63) is 0 Å². The van der Waals surface area contributed by atoms with E-state index in [9.17, 15) is 0 Å². The van der Waals surface area contributed by atoms with Crippen LogP contribution in [0.1, 0.15) is 33.6 Å². The van der Waals surface area contributed by atoms with E-state index in [0.29, 0.717) is 5.41 Å². The van der Waals surface area contributed by atoms with Crippen molar-refractivity contribution in [2.24, 2.45) is 5.41 Å². The van der Waals surface area contributed by atoms with E-state index in [1.54, 1.807) is 0 Å². The van der Waals surface area contributed by atoms with Crippen LogP contribution in [0.5, 0.6) is 0 Å². The van der Waals surface area contributed by atoms with Gasteiger partial charge in [-0.1, -0.05) is 20.3 Å². The second kappa shape index (κ2) is 2.30. The molecule has 0 aliphatic carbocycles. The Balaban J connectivity index is 2.34. The lowest BCUT2D eigenvalue weighted by Crippen LogP contribution is -2.59. The summed E-state index contributed by atoms with van der Waals surface area (Å²) in [6.07, 6.45) is 2.70. The summed E-state index contributed by atoms with van der Waals surface area (Å²) >= 11 is 0. The van der Waals surface area contributed by atoms with Crippen LogP contribution >= 0.6 is 0 Å². The first-order chi connectivity index (χ1) is 4.19. The van der Waals surface area contributed by atoms with Crippen LogP contribution < -0.4 is 5.32 Å². The van der Waals surface area contributed by atoms with Gasteiger partial charge in [-0.25, -0.2) is 0 Å². The van der Waals surface area contributed by atoms with Crippen LogP contribution in [-0.4, -0.2) is 12.6 Å². The fourth-order valence-corrected chi connectivity index (χ4v) is 1.53. The zero-order valence-electron chi connectivity index (χ0n) is 6.70. The maximum atomic E-state index is 3.38. The zero-order chi connectivity index (χ0) is 6.91. The predicted octanol–water partition coefficient (Wildman–Crippen LogP) is 1.78. The summed E-state index contributed by atoms with van der Waals surface area (Å²) in [5, 5.41) is 3.38. The molecule has 0 aromatic rings. The second-order valence-electron chi connectivity index (χ2n) is 3.51. The highest BCUT2D eigenvalue weighted by molar-refractivity contribution is 4.95. The molecular formula is C8H17N. The van der Waals surface area contributed by atoms with Crippen LogP contribution in [0, 0.1) is 5.41 Å². The monoisotopic (exact) mass is 127 g/mol. The Morgan fingerprint density at radius 3 is 2.44 bits per heavy atom. The third-order valence-corrected chi connectivity index (χ3v) is 2.68. The molecule has 0 bridgehead atoms. The average Bonchev–Trinajstić information content (AvgIpc) is 1.86.